The summed E-state index contributed by atoms with van der Waals surface area (Å²) in [5.41, 5.74) is 20.2. The first-order valence-electron chi connectivity index (χ1n) is 23.3. The number of aryl methyl sites for hydroxylation is 1. The van der Waals surface area contributed by atoms with E-state index in [4.69, 9.17) is 0 Å². The fourth-order valence-corrected chi connectivity index (χ4v) is 11.8. The van der Waals surface area contributed by atoms with Gasteiger partial charge in [-0.15, -0.1) is 0 Å². The van der Waals surface area contributed by atoms with Crippen LogP contribution in [0.5, 0.6) is 0 Å². The summed E-state index contributed by atoms with van der Waals surface area (Å²) < 4.78 is 7.44. The summed E-state index contributed by atoms with van der Waals surface area (Å²) in [6.07, 6.45) is 0. The summed E-state index contributed by atoms with van der Waals surface area (Å²) in [4.78, 5) is 0. The number of nitrogens with zero attached hydrogens (tertiary/aromatic N) is 3. The molecule has 67 heavy (non-hydrogen) atoms. The van der Waals surface area contributed by atoms with Crippen LogP contribution in [0, 0.1) is 6.92 Å². The van der Waals surface area contributed by atoms with Gasteiger partial charge in [-0.25, -0.2) is 0 Å². The minimum absolute atomic E-state index is 0.636. The van der Waals surface area contributed by atoms with Crippen molar-refractivity contribution in [3.63, 3.8) is 0 Å². The van der Waals surface area contributed by atoms with Gasteiger partial charge in [0.25, 0.3) is 0 Å². The minimum Gasteiger partial charge on any atom is -0.322 e. The Labute approximate surface area is 388 Å². The van der Waals surface area contributed by atoms with Crippen LogP contribution in [-0.2, 0) is 5.54 Å². The van der Waals surface area contributed by atoms with Gasteiger partial charge in [0, 0.05) is 43.9 Å². The molecule has 314 valence electrons. The van der Waals surface area contributed by atoms with Gasteiger partial charge in [-0.3, -0.25) is 0 Å². The second-order valence-corrected chi connectivity index (χ2v) is 18.1. The maximum atomic E-state index is 2.66. The summed E-state index contributed by atoms with van der Waals surface area (Å²) >= 11 is 0. The Balaban J connectivity index is 0.978. The second-order valence-electron chi connectivity index (χ2n) is 18.1. The van der Waals surface area contributed by atoms with Crippen molar-refractivity contribution < 1.29 is 0 Å². The molecule has 3 nitrogen and oxygen atoms in total. The zero-order chi connectivity index (χ0) is 44.2. The van der Waals surface area contributed by atoms with E-state index in [1.807, 2.05) is 0 Å². The summed E-state index contributed by atoms with van der Waals surface area (Å²) in [6.45, 7) is 2.33. The van der Waals surface area contributed by atoms with Gasteiger partial charge < -0.3 is 13.7 Å². The van der Waals surface area contributed by atoms with Gasteiger partial charge in [-0.1, -0.05) is 164 Å². The Morgan fingerprint density at radius 3 is 1.21 bits per heavy atom. The van der Waals surface area contributed by atoms with Crippen molar-refractivity contribution in [2.45, 2.75) is 12.5 Å². The van der Waals surface area contributed by atoms with E-state index in [0.717, 1.165) is 0 Å². The summed E-state index contributed by atoms with van der Waals surface area (Å²) in [6, 6.07) is 89.7. The normalized spacial score (nSPS) is 13.0. The minimum atomic E-state index is -0.636. The zero-order valence-corrected chi connectivity index (χ0v) is 36.9. The van der Waals surface area contributed by atoms with Crippen molar-refractivity contribution in [2.75, 3.05) is 0 Å². The third-order valence-electron chi connectivity index (χ3n) is 14.6. The molecule has 4 heterocycles. The smallest absolute Gasteiger partial charge is 0.122 e. The molecule has 1 aliphatic heterocycles. The van der Waals surface area contributed by atoms with Gasteiger partial charge in [-0.05, 0) is 130 Å². The highest BCUT2D eigenvalue weighted by molar-refractivity contribution is 6.12. The average molecular weight is 854 g/mol. The maximum absolute atomic E-state index is 2.66. The van der Waals surface area contributed by atoms with Gasteiger partial charge >= 0.3 is 0 Å². The number of hydrogen-bond donors (Lipinski definition) is 0. The molecule has 0 atom stereocenters. The molecule has 14 rings (SSSR count). The molecule has 0 saturated carbocycles. The Morgan fingerprint density at radius 2 is 0.701 bits per heavy atom. The van der Waals surface area contributed by atoms with Crippen LogP contribution in [-0.4, -0.2) is 13.7 Å². The fourth-order valence-electron chi connectivity index (χ4n) is 11.8. The lowest BCUT2D eigenvalue weighted by Gasteiger charge is -2.35. The third kappa shape index (κ3) is 5.34. The SMILES string of the molecule is Cc1c2n(c3ccc(-c4ccc5c(c4)c4ccccc4n5-c4ccccc4)cc13)C(c1ccccc1)(c1ccccc1)c1cc(-c3ccc4c(c3)c3ccccc3n4-c3ccccc3)ccc1-2. The molecule has 0 spiro atoms. The van der Waals surface area contributed by atoms with Gasteiger partial charge in [0.05, 0.1) is 33.3 Å². The molecular weight excluding hydrogens is 811 g/mol. The van der Waals surface area contributed by atoms with E-state index in [9.17, 15) is 0 Å². The molecule has 0 amide bonds. The molecule has 3 heteroatoms. The third-order valence-corrected chi connectivity index (χ3v) is 14.6. The maximum Gasteiger partial charge on any atom is 0.122 e. The quantitative estimate of drug-likeness (QED) is 0.158. The first kappa shape index (κ1) is 37.7. The van der Waals surface area contributed by atoms with Crippen LogP contribution >= 0.6 is 0 Å². The topological polar surface area (TPSA) is 14.8 Å². The van der Waals surface area contributed by atoms with Crippen LogP contribution in [0.3, 0.4) is 0 Å². The molecule has 0 unspecified atom stereocenters. The molecule has 3 aromatic heterocycles. The predicted octanol–water partition coefficient (Wildman–Crippen LogP) is 16.3. The van der Waals surface area contributed by atoms with Gasteiger partial charge in [-0.2, -0.15) is 0 Å². The summed E-state index contributed by atoms with van der Waals surface area (Å²) in [5.74, 6) is 0. The summed E-state index contributed by atoms with van der Waals surface area (Å²) in [5, 5.41) is 6.29. The van der Waals surface area contributed by atoms with Crippen LogP contribution < -0.4 is 0 Å². The molecule has 13 aromatic rings. The van der Waals surface area contributed by atoms with Crippen molar-refractivity contribution in [1.29, 1.82) is 0 Å². The van der Waals surface area contributed by atoms with Crippen LogP contribution in [0.2, 0.25) is 0 Å². The van der Waals surface area contributed by atoms with E-state index in [0.29, 0.717) is 0 Å². The highest BCUT2D eigenvalue weighted by Gasteiger charge is 2.48. The molecule has 0 N–H and O–H groups in total. The first-order chi connectivity index (χ1) is 33.2. The highest BCUT2D eigenvalue weighted by atomic mass is 15.1. The van der Waals surface area contributed by atoms with E-state index >= 15 is 0 Å². The van der Waals surface area contributed by atoms with Crippen LogP contribution in [0.25, 0.3) is 99.4 Å². The molecule has 10 aromatic carbocycles. The van der Waals surface area contributed by atoms with Crippen molar-refractivity contribution in [3.05, 3.63) is 265 Å². The van der Waals surface area contributed by atoms with E-state index in [1.165, 1.54) is 122 Å². The van der Waals surface area contributed by atoms with E-state index in [2.05, 4.69) is 263 Å². The second kappa shape index (κ2) is 14.4. The number of para-hydroxylation sites is 4. The largest absolute Gasteiger partial charge is 0.322 e. The van der Waals surface area contributed by atoms with E-state index in [1.54, 1.807) is 0 Å². The Kier molecular flexibility index (Phi) is 8.11. The molecule has 0 saturated heterocycles. The van der Waals surface area contributed by atoms with Crippen LogP contribution in [0.1, 0.15) is 22.3 Å². The predicted molar refractivity (Wildman–Crippen MR) is 280 cm³/mol. The lowest BCUT2D eigenvalue weighted by atomic mass is 9.76. The standard InChI is InChI=1S/C64H43N3/c1-42-54-38-43(44-31-35-60-55(39-44)51-26-14-16-28-58(51)65(60)49-22-10-4-11-23-49)33-37-62(54)67-63(42)53-34-30-46(41-57(53)64(67,47-18-6-2-7-19-47)48-20-8-3-9-21-48)45-32-36-61-56(40-45)52-27-15-17-29-59(52)66(61)50-24-12-5-13-25-50/h2-41H,1H3. The Hall–Kier alpha value is -8.66. The van der Waals surface area contributed by atoms with Crippen molar-refractivity contribution in [2.24, 2.45) is 0 Å². The Morgan fingerprint density at radius 1 is 0.313 bits per heavy atom. The van der Waals surface area contributed by atoms with E-state index in [-0.39, 0.29) is 0 Å². The number of fused-ring (bicyclic) bond motifs is 11. The highest BCUT2D eigenvalue weighted by Crippen LogP contribution is 2.56. The lowest BCUT2D eigenvalue weighted by molar-refractivity contribution is 0.561. The molecule has 0 fully saturated rings. The zero-order valence-electron chi connectivity index (χ0n) is 36.9. The summed E-state index contributed by atoms with van der Waals surface area (Å²) in [7, 11) is 0. The molecule has 0 radical (unpaired) electrons. The van der Waals surface area contributed by atoms with Crippen molar-refractivity contribution in [3.8, 4) is 44.9 Å². The average Bonchev–Trinajstić information content (AvgIpc) is 4.10. The number of rotatable bonds is 6. The van der Waals surface area contributed by atoms with Gasteiger partial charge in [0.2, 0.25) is 0 Å². The fraction of sp³-hybridized carbons (Fsp3) is 0.0312. The number of aromatic nitrogens is 3. The van der Waals surface area contributed by atoms with Gasteiger partial charge in [0.1, 0.15) is 5.54 Å². The van der Waals surface area contributed by atoms with Crippen molar-refractivity contribution in [1.82, 2.24) is 13.7 Å². The Bertz CT molecular complexity index is 4040. The van der Waals surface area contributed by atoms with Crippen molar-refractivity contribution >= 4 is 54.5 Å². The molecule has 1 aliphatic rings. The van der Waals surface area contributed by atoms with Gasteiger partial charge in [0.15, 0.2) is 0 Å². The number of benzene rings is 10. The van der Waals surface area contributed by atoms with Crippen LogP contribution in [0.4, 0.5) is 0 Å². The molecular formula is C64H43N3. The lowest BCUT2D eigenvalue weighted by Crippen LogP contribution is -2.34. The molecule has 0 aliphatic carbocycles. The van der Waals surface area contributed by atoms with Crippen LogP contribution in [0.15, 0.2) is 243 Å². The number of hydrogen-bond acceptors (Lipinski definition) is 0. The first-order valence-corrected chi connectivity index (χ1v) is 23.3. The molecule has 0 bridgehead atoms. The van der Waals surface area contributed by atoms with E-state index < -0.39 is 5.54 Å². The monoisotopic (exact) mass is 853 g/mol.